The highest BCUT2D eigenvalue weighted by Gasteiger charge is 2.49. The third-order valence-electron chi connectivity index (χ3n) is 5.69. The highest BCUT2D eigenvalue weighted by atomic mass is 16.7. The van der Waals surface area contributed by atoms with E-state index >= 15 is 0 Å². The molecule has 1 aliphatic heterocycles. The van der Waals surface area contributed by atoms with Gasteiger partial charge in [0, 0.05) is 26.7 Å². The number of hydrogen-bond donors (Lipinski definition) is 0. The molecule has 0 aliphatic carbocycles. The Morgan fingerprint density at radius 1 is 0.824 bits per heavy atom. The van der Waals surface area contributed by atoms with E-state index in [1.807, 2.05) is 30.3 Å². The minimum Gasteiger partial charge on any atom is -0.433 e. The molecule has 0 bridgehead atoms. The van der Waals surface area contributed by atoms with Crippen LogP contribution in [0.4, 0.5) is 0 Å². The molecule has 34 heavy (non-hydrogen) atoms. The van der Waals surface area contributed by atoms with Crippen molar-refractivity contribution in [3.63, 3.8) is 0 Å². The number of hydrogen-bond acceptors (Lipinski definition) is 7. The fourth-order valence-electron chi connectivity index (χ4n) is 3.80. The van der Waals surface area contributed by atoms with Gasteiger partial charge in [0.15, 0.2) is 0 Å². The molecule has 7 heteroatoms. The summed E-state index contributed by atoms with van der Waals surface area (Å²) in [6.45, 7) is 10.2. The summed E-state index contributed by atoms with van der Waals surface area (Å²) in [5, 5.41) is 0. The lowest BCUT2D eigenvalue weighted by molar-refractivity contribution is -0.315. The first kappa shape index (κ1) is 28.7. The first-order valence-corrected chi connectivity index (χ1v) is 12.9. The van der Waals surface area contributed by atoms with Crippen molar-refractivity contribution in [1.29, 1.82) is 0 Å². The number of benzene rings is 1. The van der Waals surface area contributed by atoms with Crippen molar-refractivity contribution in [2.24, 2.45) is 0 Å². The molecule has 0 spiro atoms. The molecule has 0 radical (unpaired) electrons. The first-order valence-electron chi connectivity index (χ1n) is 12.9. The van der Waals surface area contributed by atoms with Crippen molar-refractivity contribution in [2.75, 3.05) is 26.4 Å². The van der Waals surface area contributed by atoms with Gasteiger partial charge in [0.25, 0.3) is 0 Å². The van der Waals surface area contributed by atoms with Crippen molar-refractivity contribution >= 4 is 5.97 Å². The van der Waals surface area contributed by atoms with E-state index in [0.717, 1.165) is 44.1 Å². The Bertz CT molecular complexity index is 654. The number of unbranched alkanes of at least 4 members (excludes halogenated alkanes) is 3. The lowest BCUT2D eigenvalue weighted by atomic mass is 9.98. The molecule has 0 amide bonds. The second kappa shape index (κ2) is 17.0. The van der Waals surface area contributed by atoms with Gasteiger partial charge < -0.3 is 28.4 Å². The van der Waals surface area contributed by atoms with Crippen LogP contribution < -0.4 is 0 Å². The Balaban J connectivity index is 2.21. The average Bonchev–Trinajstić information content (AvgIpc) is 2.82. The summed E-state index contributed by atoms with van der Waals surface area (Å²) in [7, 11) is 0. The summed E-state index contributed by atoms with van der Waals surface area (Å²) >= 11 is 0. The van der Waals surface area contributed by atoms with Crippen LogP contribution in [0.3, 0.4) is 0 Å². The number of ether oxygens (including phenoxy) is 6. The van der Waals surface area contributed by atoms with Crippen molar-refractivity contribution in [1.82, 2.24) is 0 Å². The van der Waals surface area contributed by atoms with Gasteiger partial charge in [0.2, 0.25) is 6.29 Å². The molecule has 1 saturated heterocycles. The van der Waals surface area contributed by atoms with Gasteiger partial charge in [0.1, 0.15) is 24.4 Å². The van der Waals surface area contributed by atoms with Crippen LogP contribution in [0.2, 0.25) is 0 Å². The molecule has 0 saturated carbocycles. The smallest absolute Gasteiger partial charge is 0.305 e. The van der Waals surface area contributed by atoms with E-state index in [0.29, 0.717) is 33.0 Å². The van der Waals surface area contributed by atoms with E-state index < -0.39 is 36.7 Å². The minimum absolute atomic E-state index is 0.290. The minimum atomic E-state index is -0.877. The van der Waals surface area contributed by atoms with Gasteiger partial charge >= 0.3 is 5.97 Å². The molecule has 1 unspecified atom stereocenters. The van der Waals surface area contributed by atoms with Crippen molar-refractivity contribution in [3.05, 3.63) is 35.9 Å². The highest BCUT2D eigenvalue weighted by molar-refractivity contribution is 5.66. The maximum absolute atomic E-state index is 11.9. The predicted octanol–water partition coefficient (Wildman–Crippen LogP) is 5.05. The topological polar surface area (TPSA) is 72.5 Å². The molecule has 1 heterocycles. The van der Waals surface area contributed by atoms with Crippen LogP contribution in [0, 0.1) is 0 Å². The van der Waals surface area contributed by atoms with E-state index in [2.05, 4.69) is 20.8 Å². The van der Waals surface area contributed by atoms with E-state index in [1.54, 1.807) is 0 Å². The number of carbonyl (C=O) groups is 1. The summed E-state index contributed by atoms with van der Waals surface area (Å²) in [5.41, 5.74) is 1.08. The summed E-state index contributed by atoms with van der Waals surface area (Å²) in [6, 6.07) is 9.99. The van der Waals surface area contributed by atoms with Crippen molar-refractivity contribution < 1.29 is 33.2 Å². The van der Waals surface area contributed by atoms with Gasteiger partial charge in [0.05, 0.1) is 13.2 Å². The molecule has 194 valence electrons. The molecule has 0 N–H and O–H groups in total. The van der Waals surface area contributed by atoms with Crippen molar-refractivity contribution in [2.45, 2.75) is 104 Å². The second-order valence-electron chi connectivity index (χ2n) is 8.72. The first-order chi connectivity index (χ1) is 16.6. The molecule has 0 aromatic heterocycles. The lowest BCUT2D eigenvalue weighted by Crippen LogP contribution is -2.62. The SMILES string of the molecule is CCCCO[C@H]1[C@H](OCCCC)[C@@H](OCCCC)C(OC(C)=O)O[C@@H]1COCc1ccccc1. The quantitative estimate of drug-likeness (QED) is 0.228. The Morgan fingerprint density at radius 3 is 1.94 bits per heavy atom. The van der Waals surface area contributed by atoms with Gasteiger partial charge in [-0.25, -0.2) is 0 Å². The van der Waals surface area contributed by atoms with Crippen LogP contribution in [0.5, 0.6) is 0 Å². The van der Waals surface area contributed by atoms with Crippen LogP contribution in [0.1, 0.15) is 71.8 Å². The third kappa shape index (κ3) is 10.0. The van der Waals surface area contributed by atoms with E-state index in [4.69, 9.17) is 28.4 Å². The van der Waals surface area contributed by atoms with Crippen LogP contribution in [-0.2, 0) is 39.8 Å². The normalized spacial score (nSPS) is 24.8. The largest absolute Gasteiger partial charge is 0.433 e. The van der Waals surface area contributed by atoms with E-state index in [1.165, 1.54) is 6.92 Å². The third-order valence-corrected chi connectivity index (χ3v) is 5.69. The van der Waals surface area contributed by atoms with Gasteiger partial charge in [-0.05, 0) is 24.8 Å². The zero-order valence-corrected chi connectivity index (χ0v) is 21.4. The summed E-state index contributed by atoms with van der Waals surface area (Å²) in [6.07, 6.45) is 3.08. The molecule has 1 fully saturated rings. The second-order valence-corrected chi connectivity index (χ2v) is 8.72. The Morgan fingerprint density at radius 2 is 1.38 bits per heavy atom. The Labute approximate surface area is 205 Å². The van der Waals surface area contributed by atoms with Crippen LogP contribution in [0.25, 0.3) is 0 Å². The molecule has 1 aromatic rings. The van der Waals surface area contributed by atoms with Crippen molar-refractivity contribution in [3.8, 4) is 0 Å². The molecule has 5 atom stereocenters. The zero-order valence-electron chi connectivity index (χ0n) is 21.4. The highest BCUT2D eigenvalue weighted by Crippen LogP contribution is 2.30. The van der Waals surface area contributed by atoms with Gasteiger partial charge in [-0.2, -0.15) is 0 Å². The zero-order chi connectivity index (χ0) is 24.6. The Kier molecular flexibility index (Phi) is 14.4. The fraction of sp³-hybridized carbons (Fsp3) is 0.741. The number of esters is 1. The number of carbonyl (C=O) groups excluding carboxylic acids is 1. The van der Waals surface area contributed by atoms with E-state index in [9.17, 15) is 4.79 Å². The van der Waals surface area contributed by atoms with Crippen LogP contribution in [-0.4, -0.2) is 63.1 Å². The average molecular weight is 481 g/mol. The molecule has 7 nitrogen and oxygen atoms in total. The van der Waals surface area contributed by atoms with Crippen LogP contribution in [0.15, 0.2) is 30.3 Å². The standard InChI is InChI=1S/C27H44O7/c1-5-8-16-30-24-23(20-29-19-22-14-12-11-13-15-22)34-27(33-21(4)28)26(32-18-10-7-3)25(24)31-17-9-6-2/h11-15,23-27H,5-10,16-20H2,1-4H3/t23-,24-,25+,26-,27?/m1/s1. The summed E-state index contributed by atoms with van der Waals surface area (Å²) < 4.78 is 36.7. The van der Waals surface area contributed by atoms with Gasteiger partial charge in [-0.1, -0.05) is 70.4 Å². The van der Waals surface area contributed by atoms with Gasteiger partial charge in [-0.15, -0.1) is 0 Å². The monoisotopic (exact) mass is 480 g/mol. The molecular formula is C27H44O7. The molecule has 2 rings (SSSR count). The Hall–Kier alpha value is -1.51. The summed E-state index contributed by atoms with van der Waals surface area (Å²) in [5.74, 6) is -0.421. The maximum Gasteiger partial charge on any atom is 0.305 e. The molecular weight excluding hydrogens is 436 g/mol. The fourth-order valence-corrected chi connectivity index (χ4v) is 3.80. The van der Waals surface area contributed by atoms with Gasteiger partial charge in [-0.3, -0.25) is 4.79 Å². The molecule has 1 aromatic carbocycles. The van der Waals surface area contributed by atoms with E-state index in [-0.39, 0.29) is 0 Å². The predicted molar refractivity (Wildman–Crippen MR) is 130 cm³/mol. The summed E-state index contributed by atoms with van der Waals surface area (Å²) in [4.78, 5) is 11.9. The van der Waals surface area contributed by atoms with Crippen LogP contribution >= 0.6 is 0 Å². The molecule has 1 aliphatic rings. The lowest BCUT2D eigenvalue weighted by Gasteiger charge is -2.45. The maximum atomic E-state index is 11.9. The number of rotatable bonds is 17.